The third-order valence-corrected chi connectivity index (χ3v) is 4.00. The number of hydrogen-bond acceptors (Lipinski definition) is 2. The average Bonchev–Trinajstić information content (AvgIpc) is 2.20. The van der Waals surface area contributed by atoms with Crippen LogP contribution in [-0.4, -0.2) is 11.8 Å². The molecule has 0 saturated heterocycles. The topological polar surface area (TPSA) is 26.0 Å². The Balaban J connectivity index is 2.47. The van der Waals surface area contributed by atoms with Gasteiger partial charge >= 0.3 is 0 Å². The van der Waals surface area contributed by atoms with Crippen LogP contribution >= 0.6 is 27.7 Å². The van der Waals surface area contributed by atoms with Crippen LogP contribution in [-0.2, 0) is 5.75 Å². The van der Waals surface area contributed by atoms with Gasteiger partial charge in [-0.2, -0.15) is 11.8 Å². The molecule has 1 unspecified atom stereocenters. The zero-order valence-corrected chi connectivity index (χ0v) is 11.1. The van der Waals surface area contributed by atoms with E-state index in [1.54, 1.807) is 0 Å². The SMILES string of the molecule is CC(CCN)SCc1ccc(F)c(Br)c1. The number of thioether (sulfide) groups is 1. The van der Waals surface area contributed by atoms with Crippen LogP contribution in [0.4, 0.5) is 4.39 Å². The maximum Gasteiger partial charge on any atom is 0.137 e. The van der Waals surface area contributed by atoms with Crippen molar-refractivity contribution in [2.24, 2.45) is 5.73 Å². The Bertz CT molecular complexity index is 319. The van der Waals surface area contributed by atoms with Gasteiger partial charge in [-0.25, -0.2) is 4.39 Å². The van der Waals surface area contributed by atoms with Crippen LogP contribution in [0.25, 0.3) is 0 Å². The molecule has 0 heterocycles. The van der Waals surface area contributed by atoms with Crippen LogP contribution in [0, 0.1) is 5.82 Å². The van der Waals surface area contributed by atoms with E-state index in [-0.39, 0.29) is 5.82 Å². The van der Waals surface area contributed by atoms with Crippen molar-refractivity contribution in [2.45, 2.75) is 24.3 Å². The third kappa shape index (κ3) is 4.53. The van der Waals surface area contributed by atoms with E-state index in [0.717, 1.165) is 24.3 Å². The molecular weight excluding hydrogens is 277 g/mol. The summed E-state index contributed by atoms with van der Waals surface area (Å²) in [6, 6.07) is 5.15. The van der Waals surface area contributed by atoms with Gasteiger partial charge in [-0.1, -0.05) is 13.0 Å². The molecule has 1 rings (SSSR count). The Morgan fingerprint density at radius 3 is 2.87 bits per heavy atom. The molecule has 0 radical (unpaired) electrons. The Morgan fingerprint density at radius 1 is 1.53 bits per heavy atom. The highest BCUT2D eigenvalue weighted by atomic mass is 79.9. The summed E-state index contributed by atoms with van der Waals surface area (Å²) in [4.78, 5) is 0. The van der Waals surface area contributed by atoms with Crippen LogP contribution < -0.4 is 5.73 Å². The maximum atomic E-state index is 12.9. The zero-order valence-electron chi connectivity index (χ0n) is 8.67. The van der Waals surface area contributed by atoms with E-state index in [9.17, 15) is 4.39 Å². The minimum Gasteiger partial charge on any atom is -0.330 e. The monoisotopic (exact) mass is 291 g/mol. The van der Waals surface area contributed by atoms with Crippen molar-refractivity contribution in [2.75, 3.05) is 6.54 Å². The Morgan fingerprint density at radius 2 is 2.27 bits per heavy atom. The van der Waals surface area contributed by atoms with Crippen molar-refractivity contribution in [1.29, 1.82) is 0 Å². The van der Waals surface area contributed by atoms with Gasteiger partial charge < -0.3 is 5.73 Å². The van der Waals surface area contributed by atoms with Gasteiger partial charge in [0.25, 0.3) is 0 Å². The molecule has 0 aliphatic rings. The second-order valence-electron chi connectivity index (χ2n) is 3.45. The molecule has 0 amide bonds. The number of benzene rings is 1. The summed E-state index contributed by atoms with van der Waals surface area (Å²) < 4.78 is 13.5. The van der Waals surface area contributed by atoms with Crippen molar-refractivity contribution >= 4 is 27.7 Å². The molecule has 2 N–H and O–H groups in total. The van der Waals surface area contributed by atoms with Crippen molar-refractivity contribution in [3.05, 3.63) is 34.1 Å². The largest absolute Gasteiger partial charge is 0.330 e. The van der Waals surface area contributed by atoms with Gasteiger partial charge in [0.15, 0.2) is 0 Å². The molecule has 0 aliphatic heterocycles. The summed E-state index contributed by atoms with van der Waals surface area (Å²) in [6.07, 6.45) is 1.02. The van der Waals surface area contributed by atoms with E-state index < -0.39 is 0 Å². The van der Waals surface area contributed by atoms with Gasteiger partial charge in [-0.3, -0.25) is 0 Å². The second kappa shape index (κ2) is 6.51. The molecule has 4 heteroatoms. The molecule has 1 aromatic rings. The van der Waals surface area contributed by atoms with Crippen LogP contribution in [0.15, 0.2) is 22.7 Å². The first-order chi connectivity index (χ1) is 7.13. The van der Waals surface area contributed by atoms with E-state index in [0.29, 0.717) is 9.72 Å². The molecule has 0 saturated carbocycles. The van der Waals surface area contributed by atoms with Crippen LogP contribution in [0.5, 0.6) is 0 Å². The van der Waals surface area contributed by atoms with Crippen molar-refractivity contribution in [3.8, 4) is 0 Å². The summed E-state index contributed by atoms with van der Waals surface area (Å²) in [7, 11) is 0. The Kier molecular flexibility index (Phi) is 5.64. The Labute approximate surface area is 103 Å². The number of hydrogen-bond donors (Lipinski definition) is 1. The lowest BCUT2D eigenvalue weighted by Gasteiger charge is -2.09. The minimum absolute atomic E-state index is 0.209. The molecule has 15 heavy (non-hydrogen) atoms. The van der Waals surface area contributed by atoms with Gasteiger partial charge in [0.05, 0.1) is 4.47 Å². The van der Waals surface area contributed by atoms with Gasteiger partial charge in [-0.05, 0) is 46.6 Å². The van der Waals surface area contributed by atoms with Gasteiger partial charge in [0, 0.05) is 11.0 Å². The number of rotatable bonds is 5. The third-order valence-electron chi connectivity index (χ3n) is 2.09. The highest BCUT2D eigenvalue weighted by Crippen LogP contribution is 2.23. The first-order valence-corrected chi connectivity index (χ1v) is 6.73. The lowest BCUT2D eigenvalue weighted by Crippen LogP contribution is -2.07. The van der Waals surface area contributed by atoms with E-state index in [1.165, 1.54) is 6.07 Å². The van der Waals surface area contributed by atoms with E-state index in [4.69, 9.17) is 5.73 Å². The molecule has 1 nitrogen and oxygen atoms in total. The summed E-state index contributed by atoms with van der Waals surface area (Å²) >= 11 is 5.02. The van der Waals surface area contributed by atoms with E-state index in [2.05, 4.69) is 22.9 Å². The molecule has 1 aromatic carbocycles. The smallest absolute Gasteiger partial charge is 0.137 e. The fraction of sp³-hybridized carbons (Fsp3) is 0.455. The number of halogens is 2. The zero-order chi connectivity index (χ0) is 11.3. The van der Waals surface area contributed by atoms with Crippen molar-refractivity contribution < 1.29 is 4.39 Å². The summed E-state index contributed by atoms with van der Waals surface area (Å²) in [5.74, 6) is 0.693. The predicted molar refractivity (Wildman–Crippen MR) is 68.5 cm³/mol. The van der Waals surface area contributed by atoms with Gasteiger partial charge in [-0.15, -0.1) is 0 Å². The van der Waals surface area contributed by atoms with Crippen molar-refractivity contribution in [1.82, 2.24) is 0 Å². The molecule has 0 aromatic heterocycles. The molecule has 84 valence electrons. The highest BCUT2D eigenvalue weighted by Gasteiger charge is 2.04. The van der Waals surface area contributed by atoms with Crippen molar-refractivity contribution in [3.63, 3.8) is 0 Å². The normalized spacial score (nSPS) is 12.8. The summed E-state index contributed by atoms with van der Waals surface area (Å²) in [6.45, 7) is 2.89. The lowest BCUT2D eigenvalue weighted by molar-refractivity contribution is 0.620. The van der Waals surface area contributed by atoms with E-state index in [1.807, 2.05) is 23.9 Å². The first kappa shape index (κ1) is 13.0. The Hall–Kier alpha value is -0.0600. The van der Waals surface area contributed by atoms with Crippen LogP contribution in [0.2, 0.25) is 0 Å². The molecule has 0 bridgehead atoms. The predicted octanol–water partition coefficient (Wildman–Crippen LogP) is 3.56. The molecular formula is C11H15BrFNS. The molecule has 0 spiro atoms. The average molecular weight is 292 g/mol. The molecule has 0 fully saturated rings. The standard InChI is InChI=1S/C11H15BrFNS/c1-8(4-5-14)15-7-9-2-3-11(13)10(12)6-9/h2-3,6,8H,4-5,7,14H2,1H3. The molecule has 0 aliphatic carbocycles. The summed E-state index contributed by atoms with van der Waals surface area (Å²) in [5, 5.41) is 0.554. The summed E-state index contributed by atoms with van der Waals surface area (Å²) in [5.41, 5.74) is 6.61. The van der Waals surface area contributed by atoms with E-state index >= 15 is 0 Å². The van der Waals surface area contributed by atoms with Gasteiger partial charge in [0.1, 0.15) is 5.82 Å². The van der Waals surface area contributed by atoms with Crippen LogP contribution in [0.1, 0.15) is 18.9 Å². The second-order valence-corrected chi connectivity index (χ2v) is 5.73. The minimum atomic E-state index is -0.209. The van der Waals surface area contributed by atoms with Gasteiger partial charge in [0.2, 0.25) is 0 Å². The first-order valence-electron chi connectivity index (χ1n) is 4.89. The fourth-order valence-corrected chi connectivity index (χ4v) is 2.57. The highest BCUT2D eigenvalue weighted by molar-refractivity contribution is 9.10. The number of nitrogens with two attached hydrogens (primary N) is 1. The lowest BCUT2D eigenvalue weighted by atomic mass is 10.2. The van der Waals surface area contributed by atoms with Crippen LogP contribution in [0.3, 0.4) is 0 Å². The molecule has 1 atom stereocenters. The quantitative estimate of drug-likeness (QED) is 0.898. The fourth-order valence-electron chi connectivity index (χ4n) is 1.19. The maximum absolute atomic E-state index is 12.9.